The summed E-state index contributed by atoms with van der Waals surface area (Å²) in [6.45, 7) is 4.08. The predicted octanol–water partition coefficient (Wildman–Crippen LogP) is 0.581. The molecule has 12 nitrogen and oxygen atoms in total. The average molecular weight is 562 g/mol. The number of aliphatic carboxylic acids is 1. The zero-order chi connectivity index (χ0) is 29.5. The fraction of sp³-hybridized carbons (Fsp3) is 0.571. The number of ether oxygens (including phenoxy) is 1. The molecule has 0 aliphatic carbocycles. The minimum Gasteiger partial charge on any atom is -0.481 e. The maximum absolute atomic E-state index is 13.3. The van der Waals surface area contributed by atoms with E-state index in [9.17, 15) is 24.3 Å². The number of aryl methyl sites for hydroxylation is 1. The van der Waals surface area contributed by atoms with E-state index in [-0.39, 0.29) is 32.6 Å². The number of allylic oxidation sites excluding steroid dienone is 1. The smallest absolute Gasteiger partial charge is 0.303 e. The van der Waals surface area contributed by atoms with Crippen LogP contribution in [0.3, 0.4) is 0 Å². The van der Waals surface area contributed by atoms with Crippen molar-refractivity contribution in [3.05, 3.63) is 42.0 Å². The van der Waals surface area contributed by atoms with Gasteiger partial charge < -0.3 is 42.0 Å². The standard InChI is InChI=1S/C28H43N5O7/c1-3-7-22-27(38)31-21(24(34)16-30-19-11-9-18(2)10-12-19)8-5-4-6-15-40-17-23(28(39)32-22)33-26(37)20(29)13-14-25(35)36/h4,6,9-12,20-24,30,34H,3,5,7-8,13-17,29H2,1-2H3,(H,31,38)(H,32,39)(H,33,37)(H,35,36)/b6-4+/t20-,21-,22-,23-,24+/m0/s1. The van der Waals surface area contributed by atoms with Gasteiger partial charge in [0.2, 0.25) is 17.7 Å². The van der Waals surface area contributed by atoms with Crippen molar-refractivity contribution >= 4 is 29.4 Å². The van der Waals surface area contributed by atoms with Gasteiger partial charge in [-0.1, -0.05) is 43.2 Å². The van der Waals surface area contributed by atoms with E-state index in [2.05, 4.69) is 21.3 Å². The van der Waals surface area contributed by atoms with Crippen LogP contribution in [0, 0.1) is 6.92 Å². The number of amides is 3. The van der Waals surface area contributed by atoms with Gasteiger partial charge in [-0.15, -0.1) is 0 Å². The molecule has 0 aromatic heterocycles. The number of aliphatic hydroxyl groups is 1. The van der Waals surface area contributed by atoms with Crippen LogP contribution in [0.25, 0.3) is 0 Å². The second-order valence-electron chi connectivity index (χ2n) is 9.97. The lowest BCUT2D eigenvalue weighted by Gasteiger charge is -2.28. The Bertz CT molecular complexity index is 1000. The van der Waals surface area contributed by atoms with Gasteiger partial charge in [-0.2, -0.15) is 0 Å². The van der Waals surface area contributed by atoms with Crippen LogP contribution < -0.4 is 27.0 Å². The predicted molar refractivity (Wildman–Crippen MR) is 150 cm³/mol. The van der Waals surface area contributed by atoms with Crippen molar-refractivity contribution in [2.75, 3.05) is 25.1 Å². The number of carbonyl (C=O) groups is 4. The molecule has 1 heterocycles. The molecule has 1 aromatic carbocycles. The van der Waals surface area contributed by atoms with Gasteiger partial charge in [-0.05, 0) is 44.7 Å². The number of carboxylic acid groups (broad SMARTS) is 1. The zero-order valence-electron chi connectivity index (χ0n) is 23.2. The van der Waals surface area contributed by atoms with Crippen molar-refractivity contribution in [2.45, 2.75) is 82.6 Å². The maximum Gasteiger partial charge on any atom is 0.303 e. The molecule has 0 bridgehead atoms. The monoisotopic (exact) mass is 561 g/mol. The zero-order valence-corrected chi connectivity index (χ0v) is 23.2. The summed E-state index contributed by atoms with van der Waals surface area (Å²) in [6.07, 6.45) is 4.30. The minimum atomic E-state index is -1.15. The third-order valence-electron chi connectivity index (χ3n) is 6.52. The molecule has 1 aromatic rings. The number of hydrogen-bond donors (Lipinski definition) is 7. The van der Waals surface area contributed by atoms with Gasteiger partial charge in [0.05, 0.1) is 31.4 Å². The molecular formula is C28H43N5O7. The van der Waals surface area contributed by atoms with Gasteiger partial charge in [0.15, 0.2) is 0 Å². The lowest BCUT2D eigenvalue weighted by atomic mass is 10.0. The van der Waals surface area contributed by atoms with E-state index in [0.29, 0.717) is 25.7 Å². The highest BCUT2D eigenvalue weighted by atomic mass is 16.5. The summed E-state index contributed by atoms with van der Waals surface area (Å²) in [5, 5.41) is 31.1. The van der Waals surface area contributed by atoms with Crippen LogP contribution in [-0.4, -0.2) is 83.9 Å². The molecule has 0 unspecified atom stereocenters. The molecule has 1 aliphatic heterocycles. The molecule has 5 atom stereocenters. The number of benzene rings is 1. The van der Waals surface area contributed by atoms with Crippen LogP contribution in [0.2, 0.25) is 0 Å². The molecule has 1 aliphatic rings. The second kappa shape index (κ2) is 17.3. The van der Waals surface area contributed by atoms with Gasteiger partial charge in [-0.3, -0.25) is 19.2 Å². The molecule has 3 amide bonds. The van der Waals surface area contributed by atoms with E-state index < -0.39 is 54.0 Å². The molecule has 0 radical (unpaired) electrons. The van der Waals surface area contributed by atoms with Crippen molar-refractivity contribution in [1.82, 2.24) is 16.0 Å². The molecule has 40 heavy (non-hydrogen) atoms. The van der Waals surface area contributed by atoms with Gasteiger partial charge in [-0.25, -0.2) is 0 Å². The number of nitrogens with one attached hydrogen (secondary N) is 4. The molecular weight excluding hydrogens is 518 g/mol. The lowest BCUT2D eigenvalue weighted by molar-refractivity contribution is -0.137. The Balaban J connectivity index is 2.12. The van der Waals surface area contributed by atoms with Crippen molar-refractivity contribution in [2.24, 2.45) is 5.73 Å². The van der Waals surface area contributed by atoms with E-state index >= 15 is 0 Å². The van der Waals surface area contributed by atoms with Crippen molar-refractivity contribution < 1.29 is 34.1 Å². The normalized spacial score (nSPS) is 23.1. The maximum atomic E-state index is 13.3. The number of anilines is 1. The number of hydrogen-bond acceptors (Lipinski definition) is 8. The van der Waals surface area contributed by atoms with Crippen LogP contribution in [0.1, 0.15) is 51.0 Å². The van der Waals surface area contributed by atoms with Crippen LogP contribution >= 0.6 is 0 Å². The number of carbonyl (C=O) groups excluding carboxylic acids is 3. The van der Waals surface area contributed by atoms with Crippen LogP contribution in [-0.2, 0) is 23.9 Å². The van der Waals surface area contributed by atoms with Gasteiger partial charge in [0, 0.05) is 18.7 Å². The highest BCUT2D eigenvalue weighted by Gasteiger charge is 2.30. The number of carboxylic acids is 1. The van der Waals surface area contributed by atoms with E-state index in [1.54, 1.807) is 6.08 Å². The Kier molecular flexibility index (Phi) is 14.1. The SMILES string of the molecule is CCC[C@@H]1NC(=O)[C@@H](NC(=O)[C@@H](N)CCC(=O)O)COC/C=C/CC[C@@H]([C@H](O)CNc2ccc(C)cc2)NC1=O. The number of nitrogens with two attached hydrogens (primary N) is 1. The highest BCUT2D eigenvalue weighted by Crippen LogP contribution is 2.12. The molecule has 0 fully saturated rings. The highest BCUT2D eigenvalue weighted by molar-refractivity contribution is 5.93. The van der Waals surface area contributed by atoms with E-state index in [0.717, 1.165) is 11.3 Å². The molecule has 0 saturated carbocycles. The Morgan fingerprint density at radius 1 is 1.15 bits per heavy atom. The lowest BCUT2D eigenvalue weighted by Crippen LogP contribution is -2.58. The first-order chi connectivity index (χ1) is 19.1. The van der Waals surface area contributed by atoms with Crippen molar-refractivity contribution in [3.8, 4) is 0 Å². The fourth-order valence-corrected chi connectivity index (χ4v) is 4.10. The van der Waals surface area contributed by atoms with E-state index in [1.165, 1.54) is 0 Å². The van der Waals surface area contributed by atoms with Crippen LogP contribution in [0.15, 0.2) is 36.4 Å². The summed E-state index contributed by atoms with van der Waals surface area (Å²) in [7, 11) is 0. The van der Waals surface area contributed by atoms with Crippen molar-refractivity contribution in [1.29, 1.82) is 0 Å². The van der Waals surface area contributed by atoms with Gasteiger partial charge in [0.25, 0.3) is 0 Å². The van der Waals surface area contributed by atoms with Crippen LogP contribution in [0.4, 0.5) is 5.69 Å². The van der Waals surface area contributed by atoms with E-state index in [1.807, 2.05) is 44.2 Å². The number of aliphatic hydroxyl groups excluding tert-OH is 1. The summed E-state index contributed by atoms with van der Waals surface area (Å²) in [4.78, 5) is 49.7. The average Bonchev–Trinajstić information content (AvgIpc) is 2.92. The molecule has 8 N–H and O–H groups in total. The summed E-state index contributed by atoms with van der Waals surface area (Å²) in [5.41, 5.74) is 7.76. The summed E-state index contributed by atoms with van der Waals surface area (Å²) in [6, 6.07) is 3.99. The summed E-state index contributed by atoms with van der Waals surface area (Å²) in [5.74, 6) is -2.86. The first kappa shape index (κ1) is 32.7. The van der Waals surface area contributed by atoms with Gasteiger partial charge >= 0.3 is 5.97 Å². The first-order valence-corrected chi connectivity index (χ1v) is 13.7. The summed E-state index contributed by atoms with van der Waals surface area (Å²) >= 11 is 0. The molecule has 12 heteroatoms. The molecule has 0 saturated heterocycles. The second-order valence-corrected chi connectivity index (χ2v) is 9.97. The Morgan fingerprint density at radius 2 is 1.88 bits per heavy atom. The largest absolute Gasteiger partial charge is 0.481 e. The Labute approximate surface area is 235 Å². The van der Waals surface area contributed by atoms with E-state index in [4.69, 9.17) is 15.6 Å². The minimum absolute atomic E-state index is 0.0948. The van der Waals surface area contributed by atoms with Gasteiger partial charge in [0.1, 0.15) is 12.1 Å². The number of rotatable bonds is 11. The van der Waals surface area contributed by atoms with Crippen LogP contribution in [0.5, 0.6) is 0 Å². The van der Waals surface area contributed by atoms with Crippen molar-refractivity contribution in [3.63, 3.8) is 0 Å². The first-order valence-electron chi connectivity index (χ1n) is 13.7. The molecule has 0 spiro atoms. The molecule has 222 valence electrons. The third kappa shape index (κ3) is 11.7. The topological polar surface area (TPSA) is 192 Å². The Hall–Kier alpha value is -3.48. The fourth-order valence-electron chi connectivity index (χ4n) is 4.10. The Morgan fingerprint density at radius 3 is 2.55 bits per heavy atom. The quantitative estimate of drug-likeness (QED) is 0.189. The summed E-state index contributed by atoms with van der Waals surface area (Å²) < 4.78 is 5.58. The molecule has 2 rings (SSSR count). The third-order valence-corrected chi connectivity index (χ3v) is 6.52.